The molecule has 3 heterocycles. The van der Waals surface area contributed by atoms with Gasteiger partial charge >= 0.3 is 0 Å². The van der Waals surface area contributed by atoms with Gasteiger partial charge in [0.15, 0.2) is 16.6 Å². The number of nitrogens with zero attached hydrogens (tertiary/aromatic N) is 4. The van der Waals surface area contributed by atoms with Crippen LogP contribution in [0.3, 0.4) is 0 Å². The Morgan fingerprint density at radius 2 is 2.06 bits per heavy atom. The number of thioether (sulfide) groups is 1. The number of hydrogen-bond acceptors (Lipinski definition) is 7. The second-order valence-corrected chi connectivity index (χ2v) is 8.42. The van der Waals surface area contributed by atoms with Gasteiger partial charge < -0.3 is 14.2 Å². The van der Waals surface area contributed by atoms with Crippen molar-refractivity contribution in [3.05, 3.63) is 66.1 Å². The second kappa shape index (κ2) is 9.22. The highest BCUT2D eigenvalue weighted by atomic mass is 32.2. The van der Waals surface area contributed by atoms with Crippen LogP contribution in [0.25, 0.3) is 17.3 Å². The Hall–Kier alpha value is -3.33. The van der Waals surface area contributed by atoms with Gasteiger partial charge in [-0.3, -0.25) is 9.36 Å². The van der Waals surface area contributed by atoms with Crippen LogP contribution in [-0.4, -0.2) is 32.2 Å². The first-order valence-electron chi connectivity index (χ1n) is 9.93. The Bertz CT molecular complexity index is 1160. The highest BCUT2D eigenvalue weighted by Gasteiger charge is 2.19. The number of benzene rings is 1. The third kappa shape index (κ3) is 4.88. The summed E-state index contributed by atoms with van der Waals surface area (Å²) < 4.78 is 13.0. The fraction of sp³-hybridized carbons (Fsp3) is 0.273. The smallest absolute Gasteiger partial charge is 0.273 e. The van der Waals surface area contributed by atoms with Crippen LogP contribution in [0.2, 0.25) is 0 Å². The molecule has 3 aromatic heterocycles. The first-order chi connectivity index (χ1) is 15.0. The van der Waals surface area contributed by atoms with Crippen molar-refractivity contribution in [3.63, 3.8) is 0 Å². The molecule has 8 nitrogen and oxygen atoms in total. The summed E-state index contributed by atoms with van der Waals surface area (Å²) in [7, 11) is 0. The Morgan fingerprint density at radius 1 is 1.19 bits per heavy atom. The third-order valence-electron chi connectivity index (χ3n) is 4.41. The van der Waals surface area contributed by atoms with Gasteiger partial charge in [-0.05, 0) is 42.7 Å². The van der Waals surface area contributed by atoms with Crippen LogP contribution >= 0.6 is 11.8 Å². The summed E-state index contributed by atoms with van der Waals surface area (Å²) in [5.74, 6) is 2.21. The second-order valence-electron chi connectivity index (χ2n) is 7.48. The number of furan rings is 1. The van der Waals surface area contributed by atoms with Crippen molar-refractivity contribution in [2.75, 3.05) is 6.54 Å². The molecule has 0 fully saturated rings. The standard InChI is InChI=1S/C22H23N5O3S/c1-14(2)11-23-21(28)17-12-30-19(24-17)13-31-22-26-25-20(18-8-5-9-29-18)27(22)16-7-4-6-15(3)10-16/h4-10,12,14H,11,13H2,1-3H3,(H,23,28). The maximum Gasteiger partial charge on any atom is 0.273 e. The van der Waals surface area contributed by atoms with Gasteiger partial charge in [-0.2, -0.15) is 0 Å². The predicted octanol–water partition coefficient (Wildman–Crippen LogP) is 4.50. The summed E-state index contributed by atoms with van der Waals surface area (Å²) in [5, 5.41) is 12.2. The number of aromatic nitrogens is 4. The molecular formula is C22H23N5O3S. The molecule has 0 bridgehead atoms. The zero-order valence-electron chi connectivity index (χ0n) is 17.5. The normalized spacial score (nSPS) is 11.2. The van der Waals surface area contributed by atoms with Crippen LogP contribution in [0.5, 0.6) is 0 Å². The lowest BCUT2D eigenvalue weighted by Gasteiger charge is -2.09. The van der Waals surface area contributed by atoms with Crippen molar-refractivity contribution in [2.45, 2.75) is 31.7 Å². The molecular weight excluding hydrogens is 414 g/mol. The van der Waals surface area contributed by atoms with Gasteiger partial charge in [-0.15, -0.1) is 10.2 Å². The molecule has 0 atom stereocenters. The number of carbonyl (C=O) groups is 1. The maximum absolute atomic E-state index is 12.2. The van der Waals surface area contributed by atoms with Crippen molar-refractivity contribution in [2.24, 2.45) is 5.92 Å². The van der Waals surface area contributed by atoms with E-state index < -0.39 is 0 Å². The molecule has 31 heavy (non-hydrogen) atoms. The zero-order valence-corrected chi connectivity index (χ0v) is 18.3. The van der Waals surface area contributed by atoms with E-state index in [1.54, 1.807) is 6.26 Å². The molecule has 160 valence electrons. The van der Waals surface area contributed by atoms with Crippen molar-refractivity contribution < 1.29 is 13.6 Å². The largest absolute Gasteiger partial charge is 0.461 e. The monoisotopic (exact) mass is 437 g/mol. The highest BCUT2D eigenvalue weighted by molar-refractivity contribution is 7.98. The van der Waals surface area contributed by atoms with E-state index in [4.69, 9.17) is 8.83 Å². The molecule has 0 aliphatic carbocycles. The molecule has 0 saturated heterocycles. The fourth-order valence-electron chi connectivity index (χ4n) is 2.92. The minimum Gasteiger partial charge on any atom is -0.461 e. The summed E-state index contributed by atoms with van der Waals surface area (Å²) in [5.41, 5.74) is 2.32. The van der Waals surface area contributed by atoms with Gasteiger partial charge in [-0.1, -0.05) is 37.7 Å². The van der Waals surface area contributed by atoms with Crippen molar-refractivity contribution in [3.8, 4) is 17.3 Å². The quantitative estimate of drug-likeness (QED) is 0.405. The summed E-state index contributed by atoms with van der Waals surface area (Å²) in [4.78, 5) is 16.5. The number of oxazole rings is 1. The fourth-order valence-corrected chi connectivity index (χ4v) is 3.73. The lowest BCUT2D eigenvalue weighted by molar-refractivity contribution is 0.0944. The molecule has 4 rings (SSSR count). The van der Waals surface area contributed by atoms with Crippen molar-refractivity contribution in [1.82, 2.24) is 25.1 Å². The van der Waals surface area contributed by atoms with Crippen molar-refractivity contribution >= 4 is 17.7 Å². The molecule has 0 aliphatic rings. The molecule has 4 aromatic rings. The lowest BCUT2D eigenvalue weighted by atomic mass is 10.2. The Morgan fingerprint density at radius 3 is 2.81 bits per heavy atom. The van der Waals surface area contributed by atoms with Crippen LogP contribution < -0.4 is 5.32 Å². The molecule has 0 aliphatic heterocycles. The van der Waals surface area contributed by atoms with Gasteiger partial charge in [-0.25, -0.2) is 4.98 Å². The Labute approximate surface area is 184 Å². The predicted molar refractivity (Wildman–Crippen MR) is 117 cm³/mol. The summed E-state index contributed by atoms with van der Waals surface area (Å²) >= 11 is 1.42. The Kier molecular flexibility index (Phi) is 6.22. The minimum absolute atomic E-state index is 0.239. The van der Waals surface area contributed by atoms with E-state index in [2.05, 4.69) is 26.6 Å². The minimum atomic E-state index is -0.239. The first kappa shape index (κ1) is 20.9. The van der Waals surface area contributed by atoms with E-state index in [0.29, 0.717) is 40.8 Å². The molecule has 0 radical (unpaired) electrons. The zero-order chi connectivity index (χ0) is 21.8. The van der Waals surface area contributed by atoms with Gasteiger partial charge in [0.2, 0.25) is 11.7 Å². The summed E-state index contributed by atoms with van der Waals surface area (Å²) in [6.45, 7) is 6.69. The van der Waals surface area contributed by atoms with Gasteiger partial charge in [0.1, 0.15) is 6.26 Å². The molecule has 1 N–H and O–H groups in total. The summed E-state index contributed by atoms with van der Waals surface area (Å²) in [6.07, 6.45) is 2.99. The summed E-state index contributed by atoms with van der Waals surface area (Å²) in [6, 6.07) is 11.7. The molecule has 9 heteroatoms. The number of nitrogens with one attached hydrogen (secondary N) is 1. The van der Waals surface area contributed by atoms with E-state index in [9.17, 15) is 4.79 Å². The van der Waals surface area contributed by atoms with E-state index >= 15 is 0 Å². The number of amides is 1. The number of rotatable bonds is 8. The highest BCUT2D eigenvalue weighted by Crippen LogP contribution is 2.30. The van der Waals surface area contributed by atoms with Crippen molar-refractivity contribution in [1.29, 1.82) is 0 Å². The van der Waals surface area contributed by atoms with Gasteiger partial charge in [0, 0.05) is 6.54 Å². The van der Waals surface area contributed by atoms with Crippen LogP contribution in [0.4, 0.5) is 0 Å². The van der Waals surface area contributed by atoms with E-state index in [1.165, 1.54) is 18.0 Å². The topological polar surface area (TPSA) is 99.0 Å². The average Bonchev–Trinajstić information content (AvgIpc) is 3.50. The molecule has 0 unspecified atom stereocenters. The number of aryl methyl sites for hydroxylation is 1. The maximum atomic E-state index is 12.2. The van der Waals surface area contributed by atoms with E-state index in [0.717, 1.165) is 11.3 Å². The molecule has 0 saturated carbocycles. The van der Waals surface area contributed by atoms with Gasteiger partial charge in [0.25, 0.3) is 5.91 Å². The SMILES string of the molecule is Cc1cccc(-n2c(SCc3nc(C(=O)NCC(C)C)co3)nnc2-c2ccco2)c1. The van der Waals surface area contributed by atoms with Crippen LogP contribution in [-0.2, 0) is 5.75 Å². The first-order valence-corrected chi connectivity index (χ1v) is 10.9. The number of carbonyl (C=O) groups excluding carboxylic acids is 1. The molecule has 0 spiro atoms. The lowest BCUT2D eigenvalue weighted by Crippen LogP contribution is -2.27. The average molecular weight is 438 g/mol. The van der Waals surface area contributed by atoms with Crippen LogP contribution in [0.1, 0.15) is 35.8 Å². The third-order valence-corrected chi connectivity index (χ3v) is 5.33. The van der Waals surface area contributed by atoms with Crippen LogP contribution in [0, 0.1) is 12.8 Å². The van der Waals surface area contributed by atoms with E-state index in [1.807, 2.05) is 55.7 Å². The van der Waals surface area contributed by atoms with Crippen LogP contribution in [0.15, 0.2) is 62.9 Å². The molecule has 1 aromatic carbocycles. The van der Waals surface area contributed by atoms with Gasteiger partial charge in [0.05, 0.1) is 17.7 Å². The Balaban J connectivity index is 1.55. The van der Waals surface area contributed by atoms with E-state index in [-0.39, 0.29) is 11.6 Å². The number of hydrogen-bond donors (Lipinski definition) is 1. The molecule has 1 amide bonds.